The van der Waals surface area contributed by atoms with Crippen LogP contribution in [0.2, 0.25) is 0 Å². The van der Waals surface area contributed by atoms with Gasteiger partial charge in [0.1, 0.15) is 5.82 Å². The minimum absolute atomic E-state index is 0.0988. The van der Waals surface area contributed by atoms with E-state index >= 15 is 0 Å². The molecule has 0 spiro atoms. The summed E-state index contributed by atoms with van der Waals surface area (Å²) in [5, 5.41) is 8.10. The lowest BCUT2D eigenvalue weighted by Gasteiger charge is -2.24. The number of nitrogens with one attached hydrogen (secondary N) is 2. The second-order valence-corrected chi connectivity index (χ2v) is 7.30. The number of thiophene rings is 1. The third-order valence-corrected chi connectivity index (χ3v) is 5.55. The van der Waals surface area contributed by atoms with Crippen molar-refractivity contribution in [3.63, 3.8) is 0 Å². The topological polar surface area (TPSA) is 41.1 Å². The van der Waals surface area contributed by atoms with E-state index in [1.165, 1.54) is 42.7 Å². The van der Waals surface area contributed by atoms with Gasteiger partial charge in [-0.25, -0.2) is 9.18 Å². The Balaban J connectivity index is 1.52. The first kappa shape index (κ1) is 17.0. The molecule has 1 heterocycles. The van der Waals surface area contributed by atoms with Crippen molar-refractivity contribution in [3.05, 3.63) is 58.0 Å². The third kappa shape index (κ3) is 4.57. The Bertz CT molecular complexity index is 653. The number of benzene rings is 1. The number of carbonyl (C=O) groups excluding carboxylic acids is 1. The molecule has 0 bridgehead atoms. The number of halogens is 1. The Kier molecular flexibility index (Phi) is 5.86. The number of amides is 2. The molecule has 2 aromatic rings. The van der Waals surface area contributed by atoms with Crippen LogP contribution in [-0.2, 0) is 6.42 Å². The minimum atomic E-state index is -0.240. The average molecular weight is 346 g/mol. The van der Waals surface area contributed by atoms with E-state index in [-0.39, 0.29) is 17.9 Å². The molecule has 0 aliphatic heterocycles. The summed E-state index contributed by atoms with van der Waals surface area (Å²) >= 11 is 1.70. The first-order chi connectivity index (χ1) is 11.7. The number of carbonyl (C=O) groups is 1. The quantitative estimate of drug-likeness (QED) is 0.785. The summed E-state index contributed by atoms with van der Waals surface area (Å²) in [4.78, 5) is 13.5. The molecule has 3 rings (SSSR count). The van der Waals surface area contributed by atoms with Crippen molar-refractivity contribution in [2.75, 3.05) is 6.54 Å². The van der Waals surface area contributed by atoms with Crippen molar-refractivity contribution in [1.82, 2.24) is 10.6 Å². The number of rotatable bonds is 6. The van der Waals surface area contributed by atoms with E-state index in [2.05, 4.69) is 22.1 Å². The molecule has 1 unspecified atom stereocenters. The maximum absolute atomic E-state index is 13.2. The highest BCUT2D eigenvalue weighted by molar-refractivity contribution is 7.10. The Hall–Kier alpha value is -1.88. The van der Waals surface area contributed by atoms with Crippen molar-refractivity contribution < 1.29 is 9.18 Å². The van der Waals surface area contributed by atoms with Crippen LogP contribution in [0.5, 0.6) is 0 Å². The fourth-order valence-corrected chi connectivity index (χ4v) is 4.25. The van der Waals surface area contributed by atoms with Crippen LogP contribution in [0.3, 0.4) is 0 Å². The Morgan fingerprint density at radius 1 is 1.25 bits per heavy atom. The lowest BCUT2D eigenvalue weighted by Crippen LogP contribution is -2.40. The molecule has 1 fully saturated rings. The number of hydrogen-bond acceptors (Lipinski definition) is 2. The molecule has 2 N–H and O–H groups in total. The monoisotopic (exact) mass is 346 g/mol. The van der Waals surface area contributed by atoms with E-state index in [0.29, 0.717) is 18.9 Å². The van der Waals surface area contributed by atoms with Crippen molar-refractivity contribution in [1.29, 1.82) is 0 Å². The lowest BCUT2D eigenvalue weighted by molar-refractivity contribution is 0.231. The summed E-state index contributed by atoms with van der Waals surface area (Å²) in [6.07, 6.45) is 5.46. The molecule has 1 aliphatic rings. The molecule has 5 heteroatoms. The number of urea groups is 1. The van der Waals surface area contributed by atoms with E-state index < -0.39 is 0 Å². The lowest BCUT2D eigenvalue weighted by atomic mass is 9.97. The van der Waals surface area contributed by atoms with E-state index in [0.717, 1.165) is 5.56 Å². The average Bonchev–Trinajstić information content (AvgIpc) is 3.26. The summed E-state index contributed by atoms with van der Waals surface area (Å²) in [7, 11) is 0. The van der Waals surface area contributed by atoms with Crippen LogP contribution < -0.4 is 10.6 Å². The van der Waals surface area contributed by atoms with Gasteiger partial charge < -0.3 is 10.6 Å². The van der Waals surface area contributed by atoms with Crippen LogP contribution in [0.15, 0.2) is 41.8 Å². The highest BCUT2D eigenvalue weighted by atomic mass is 32.1. The van der Waals surface area contributed by atoms with Crippen molar-refractivity contribution in [2.24, 2.45) is 5.92 Å². The first-order valence-corrected chi connectivity index (χ1v) is 9.42. The molecule has 1 aliphatic carbocycles. The molecular weight excluding hydrogens is 323 g/mol. The fraction of sp³-hybridized carbons (Fsp3) is 0.421. The third-order valence-electron chi connectivity index (χ3n) is 4.60. The molecule has 0 saturated heterocycles. The zero-order valence-electron chi connectivity index (χ0n) is 13.6. The fourth-order valence-electron chi connectivity index (χ4n) is 3.39. The summed E-state index contributed by atoms with van der Waals surface area (Å²) in [6.45, 7) is 0.497. The Labute approximate surface area is 146 Å². The van der Waals surface area contributed by atoms with E-state index in [9.17, 15) is 9.18 Å². The van der Waals surface area contributed by atoms with Gasteiger partial charge in [-0.1, -0.05) is 31.0 Å². The van der Waals surface area contributed by atoms with Crippen LogP contribution in [-0.4, -0.2) is 12.6 Å². The SMILES string of the molecule is O=C(NCCc1cccc(F)c1)NC(c1cccs1)C1CCCC1. The van der Waals surface area contributed by atoms with Crippen molar-refractivity contribution in [2.45, 2.75) is 38.1 Å². The smallest absolute Gasteiger partial charge is 0.315 e. The Morgan fingerprint density at radius 3 is 2.79 bits per heavy atom. The highest BCUT2D eigenvalue weighted by Crippen LogP contribution is 2.37. The van der Waals surface area contributed by atoms with Gasteiger partial charge in [0, 0.05) is 11.4 Å². The second-order valence-electron chi connectivity index (χ2n) is 6.32. The molecular formula is C19H23FN2OS. The molecule has 3 nitrogen and oxygen atoms in total. The molecule has 1 aromatic carbocycles. The molecule has 1 saturated carbocycles. The summed E-state index contributed by atoms with van der Waals surface area (Å²) in [5.74, 6) is 0.286. The summed E-state index contributed by atoms with van der Waals surface area (Å²) < 4.78 is 13.2. The predicted molar refractivity (Wildman–Crippen MR) is 95.7 cm³/mol. The normalized spacial score (nSPS) is 16.0. The molecule has 2 amide bonds. The van der Waals surface area contributed by atoms with Gasteiger partial charge in [0.25, 0.3) is 0 Å². The van der Waals surface area contributed by atoms with E-state index in [1.807, 2.05) is 12.1 Å². The van der Waals surface area contributed by atoms with Gasteiger partial charge in [-0.05, 0) is 54.3 Å². The highest BCUT2D eigenvalue weighted by Gasteiger charge is 2.28. The first-order valence-electron chi connectivity index (χ1n) is 8.54. The van der Waals surface area contributed by atoms with Gasteiger partial charge in [-0.3, -0.25) is 0 Å². The second kappa shape index (κ2) is 8.29. The van der Waals surface area contributed by atoms with E-state index in [4.69, 9.17) is 0 Å². The van der Waals surface area contributed by atoms with E-state index in [1.54, 1.807) is 17.4 Å². The van der Waals surface area contributed by atoms with Gasteiger partial charge in [0.2, 0.25) is 0 Å². The largest absolute Gasteiger partial charge is 0.338 e. The zero-order chi connectivity index (χ0) is 16.8. The van der Waals surface area contributed by atoms with Crippen LogP contribution in [0.25, 0.3) is 0 Å². The predicted octanol–water partition coefficient (Wildman–Crippen LogP) is 4.66. The number of hydrogen-bond donors (Lipinski definition) is 2. The van der Waals surface area contributed by atoms with Gasteiger partial charge in [-0.2, -0.15) is 0 Å². The van der Waals surface area contributed by atoms with Crippen molar-refractivity contribution >= 4 is 17.4 Å². The molecule has 128 valence electrons. The van der Waals surface area contributed by atoms with Gasteiger partial charge >= 0.3 is 6.03 Å². The maximum atomic E-state index is 13.2. The molecule has 0 radical (unpaired) electrons. The minimum Gasteiger partial charge on any atom is -0.338 e. The van der Waals surface area contributed by atoms with Gasteiger partial charge in [0.15, 0.2) is 0 Å². The van der Waals surface area contributed by atoms with Crippen molar-refractivity contribution in [3.8, 4) is 0 Å². The molecule has 1 atom stereocenters. The maximum Gasteiger partial charge on any atom is 0.315 e. The van der Waals surface area contributed by atoms with Gasteiger partial charge in [-0.15, -0.1) is 11.3 Å². The van der Waals surface area contributed by atoms with Gasteiger partial charge in [0.05, 0.1) is 6.04 Å². The standard InChI is InChI=1S/C19H23FN2OS/c20-16-8-3-5-14(13-16)10-11-21-19(23)22-18(15-6-1-2-7-15)17-9-4-12-24-17/h3-5,8-9,12-13,15,18H,1-2,6-7,10-11H2,(H2,21,22,23). The Morgan fingerprint density at radius 2 is 2.08 bits per heavy atom. The molecule has 24 heavy (non-hydrogen) atoms. The van der Waals surface area contributed by atoms with Crippen LogP contribution >= 0.6 is 11.3 Å². The molecule has 1 aromatic heterocycles. The van der Waals surface area contributed by atoms with Crippen LogP contribution in [0, 0.1) is 11.7 Å². The summed E-state index contributed by atoms with van der Waals surface area (Å²) in [5.41, 5.74) is 0.890. The van der Waals surface area contributed by atoms with Crippen LogP contribution in [0.1, 0.15) is 42.2 Å². The van der Waals surface area contributed by atoms with Crippen LogP contribution in [0.4, 0.5) is 9.18 Å². The zero-order valence-corrected chi connectivity index (χ0v) is 14.4. The summed E-state index contributed by atoms with van der Waals surface area (Å²) in [6, 6.07) is 10.6.